The van der Waals surface area contributed by atoms with Crippen molar-refractivity contribution in [3.05, 3.63) is 45.7 Å². The van der Waals surface area contributed by atoms with Crippen molar-refractivity contribution in [1.29, 1.82) is 0 Å². The van der Waals surface area contributed by atoms with E-state index < -0.39 is 80.2 Å². The van der Waals surface area contributed by atoms with Gasteiger partial charge in [0, 0.05) is 31.1 Å². The van der Waals surface area contributed by atoms with Crippen LogP contribution in [-0.4, -0.2) is 45.0 Å². The molecule has 1 aliphatic rings. The van der Waals surface area contributed by atoms with Crippen molar-refractivity contribution < 1.29 is 44.7 Å². The molecule has 236 valence electrons. The van der Waals surface area contributed by atoms with Crippen LogP contribution in [0.5, 0.6) is 0 Å². The molecular weight excluding hydrogens is 610 g/mol. The number of H-pyrrole nitrogens is 1. The molecule has 2 heterocycles. The van der Waals surface area contributed by atoms with Crippen molar-refractivity contribution in [1.82, 2.24) is 25.6 Å². The summed E-state index contributed by atoms with van der Waals surface area (Å²) in [6, 6.07) is 3.41. The molecule has 0 radical (unpaired) electrons. The minimum atomic E-state index is -4.46. The van der Waals surface area contributed by atoms with Crippen LogP contribution in [0.1, 0.15) is 90.8 Å². The number of aromatic amines is 1. The van der Waals surface area contributed by atoms with E-state index in [4.69, 9.17) is 0 Å². The number of nitrogens with zero attached hydrogens (tertiary/aromatic N) is 2. The summed E-state index contributed by atoms with van der Waals surface area (Å²) in [6.45, 7) is 1.60. The Morgan fingerprint density at radius 2 is 1.72 bits per heavy atom. The molecule has 1 saturated carbocycles. The van der Waals surface area contributed by atoms with Crippen molar-refractivity contribution in [2.24, 2.45) is 5.92 Å². The number of thiazole rings is 1. The molecule has 0 spiro atoms. The van der Waals surface area contributed by atoms with E-state index in [1.807, 2.05) is 0 Å². The first kappa shape index (κ1) is 32.6. The number of alkyl halides is 8. The SMILES string of the molecule is C[C@@H](NC(=O)CCC(F)(F)F)c1ccc2nc([C@@H](NC(=O)c3nc(CCC(F)(F)F)cs3)C3CCC(F)(F)CC3)[nH]c2c1. The maximum absolute atomic E-state index is 13.9. The van der Waals surface area contributed by atoms with E-state index in [1.54, 1.807) is 25.1 Å². The molecule has 43 heavy (non-hydrogen) atoms. The number of aromatic nitrogens is 3. The molecule has 3 N–H and O–H groups in total. The van der Waals surface area contributed by atoms with Crippen molar-refractivity contribution in [2.45, 2.75) is 88.6 Å². The minimum absolute atomic E-state index is 0.0724. The monoisotopic (exact) mass is 639 g/mol. The quantitative estimate of drug-likeness (QED) is 0.202. The van der Waals surface area contributed by atoms with Gasteiger partial charge < -0.3 is 15.6 Å². The third kappa shape index (κ3) is 9.34. The topological polar surface area (TPSA) is 99.8 Å². The molecule has 4 rings (SSSR count). The van der Waals surface area contributed by atoms with Crippen LogP contribution in [0, 0.1) is 5.92 Å². The summed E-state index contributed by atoms with van der Waals surface area (Å²) in [5, 5.41) is 6.59. The highest BCUT2D eigenvalue weighted by Crippen LogP contribution is 2.41. The normalized spacial score (nSPS) is 17.5. The molecule has 1 fully saturated rings. The van der Waals surface area contributed by atoms with E-state index in [0.29, 0.717) is 16.6 Å². The first-order chi connectivity index (χ1) is 20.0. The zero-order valence-corrected chi connectivity index (χ0v) is 23.7. The summed E-state index contributed by atoms with van der Waals surface area (Å²) in [4.78, 5) is 36.7. The molecule has 16 heteroatoms. The molecule has 2 amide bonds. The number of carbonyl (C=O) groups is 2. The summed E-state index contributed by atoms with van der Waals surface area (Å²) < 4.78 is 103. The molecule has 0 bridgehead atoms. The first-order valence-electron chi connectivity index (χ1n) is 13.5. The lowest BCUT2D eigenvalue weighted by molar-refractivity contribution is -0.144. The van der Waals surface area contributed by atoms with Crippen LogP contribution in [0.15, 0.2) is 23.6 Å². The van der Waals surface area contributed by atoms with Crippen molar-refractivity contribution in [3.8, 4) is 0 Å². The highest BCUT2D eigenvalue weighted by molar-refractivity contribution is 7.11. The van der Waals surface area contributed by atoms with E-state index in [9.17, 15) is 44.7 Å². The fourth-order valence-electron chi connectivity index (χ4n) is 4.92. The molecule has 0 saturated heterocycles. The second-order valence-electron chi connectivity index (χ2n) is 10.7. The summed E-state index contributed by atoms with van der Waals surface area (Å²) in [6.07, 6.45) is -12.9. The second kappa shape index (κ2) is 12.7. The highest BCUT2D eigenvalue weighted by atomic mass is 32.1. The van der Waals surface area contributed by atoms with Gasteiger partial charge in [-0.1, -0.05) is 6.07 Å². The Morgan fingerprint density at radius 1 is 1.05 bits per heavy atom. The largest absolute Gasteiger partial charge is 0.389 e. The van der Waals surface area contributed by atoms with Crippen LogP contribution in [0.4, 0.5) is 35.1 Å². The minimum Gasteiger partial charge on any atom is -0.350 e. The van der Waals surface area contributed by atoms with E-state index >= 15 is 0 Å². The smallest absolute Gasteiger partial charge is 0.350 e. The van der Waals surface area contributed by atoms with Crippen LogP contribution >= 0.6 is 11.3 Å². The molecule has 3 aromatic rings. The number of amides is 2. The number of halogens is 8. The van der Waals surface area contributed by atoms with Gasteiger partial charge in [0.05, 0.1) is 35.2 Å². The van der Waals surface area contributed by atoms with Gasteiger partial charge in [-0.2, -0.15) is 26.3 Å². The zero-order chi connectivity index (χ0) is 31.6. The zero-order valence-electron chi connectivity index (χ0n) is 22.8. The van der Waals surface area contributed by atoms with Crippen molar-refractivity contribution >= 4 is 34.2 Å². The van der Waals surface area contributed by atoms with Gasteiger partial charge in [-0.25, -0.2) is 18.7 Å². The molecule has 2 aromatic heterocycles. The fourth-order valence-corrected chi connectivity index (χ4v) is 5.67. The van der Waals surface area contributed by atoms with E-state index in [2.05, 4.69) is 25.6 Å². The van der Waals surface area contributed by atoms with Gasteiger partial charge >= 0.3 is 12.4 Å². The van der Waals surface area contributed by atoms with Crippen LogP contribution in [0.25, 0.3) is 11.0 Å². The van der Waals surface area contributed by atoms with Crippen molar-refractivity contribution in [3.63, 3.8) is 0 Å². The summed E-state index contributed by atoms with van der Waals surface area (Å²) >= 11 is 0.873. The summed E-state index contributed by atoms with van der Waals surface area (Å²) in [5.74, 6) is -4.44. The Kier molecular flexibility index (Phi) is 9.66. The molecule has 7 nitrogen and oxygen atoms in total. The van der Waals surface area contributed by atoms with E-state index in [-0.39, 0.29) is 35.8 Å². The lowest BCUT2D eigenvalue weighted by Crippen LogP contribution is -2.37. The van der Waals surface area contributed by atoms with Gasteiger partial charge in [0.1, 0.15) is 5.82 Å². The number of fused-ring (bicyclic) bond motifs is 1. The van der Waals surface area contributed by atoms with Gasteiger partial charge in [0.2, 0.25) is 11.8 Å². The number of nitrogens with one attached hydrogen (secondary N) is 3. The lowest BCUT2D eigenvalue weighted by atomic mass is 9.81. The van der Waals surface area contributed by atoms with Gasteiger partial charge in [-0.05, 0) is 49.8 Å². The molecule has 1 aromatic carbocycles. The highest BCUT2D eigenvalue weighted by Gasteiger charge is 2.40. The molecule has 2 atom stereocenters. The van der Waals surface area contributed by atoms with Crippen LogP contribution < -0.4 is 10.6 Å². The van der Waals surface area contributed by atoms with Crippen molar-refractivity contribution in [2.75, 3.05) is 0 Å². The van der Waals surface area contributed by atoms with Crippen LogP contribution in [0.2, 0.25) is 0 Å². The average molecular weight is 640 g/mol. The van der Waals surface area contributed by atoms with Gasteiger partial charge in [-0.15, -0.1) is 11.3 Å². The van der Waals surface area contributed by atoms with E-state index in [1.165, 1.54) is 5.38 Å². The standard InChI is InChI=1S/C27H29F8N5O2S/c1-14(36-20(41)7-11-27(33,34)35)16-2-3-18-19(12-16)39-22(38-18)21(15-4-8-25(28,29)9-5-15)40-23(42)24-37-17(13-43-24)6-10-26(30,31)32/h2-3,12-15,21H,4-11H2,1H3,(H,36,41)(H,38,39)(H,40,42)/t14-,21+/m1/s1. The molecule has 1 aliphatic carbocycles. The van der Waals surface area contributed by atoms with Crippen LogP contribution in [0.3, 0.4) is 0 Å². The summed E-state index contributed by atoms with van der Waals surface area (Å²) in [5.41, 5.74) is 1.61. The Bertz CT molecular complexity index is 1420. The number of benzene rings is 1. The predicted molar refractivity (Wildman–Crippen MR) is 142 cm³/mol. The maximum Gasteiger partial charge on any atom is 0.389 e. The predicted octanol–water partition coefficient (Wildman–Crippen LogP) is 7.33. The number of carbonyl (C=O) groups excluding carboxylic acids is 2. The van der Waals surface area contributed by atoms with Gasteiger partial charge in [-0.3, -0.25) is 9.59 Å². The Balaban J connectivity index is 1.53. The first-order valence-corrected chi connectivity index (χ1v) is 14.4. The average Bonchev–Trinajstić information content (AvgIpc) is 3.55. The van der Waals surface area contributed by atoms with Gasteiger partial charge in [0.15, 0.2) is 5.01 Å². The number of hydrogen-bond acceptors (Lipinski definition) is 5. The summed E-state index contributed by atoms with van der Waals surface area (Å²) in [7, 11) is 0. The van der Waals surface area contributed by atoms with Gasteiger partial charge in [0.25, 0.3) is 5.91 Å². The van der Waals surface area contributed by atoms with Crippen LogP contribution in [-0.2, 0) is 11.2 Å². The number of aryl methyl sites for hydroxylation is 1. The molecule has 0 aliphatic heterocycles. The Labute approximate surface area is 244 Å². The Morgan fingerprint density at radius 3 is 2.37 bits per heavy atom. The number of rotatable bonds is 10. The number of imidazole rings is 1. The lowest BCUT2D eigenvalue weighted by Gasteiger charge is -2.33. The third-order valence-corrected chi connectivity index (χ3v) is 8.15. The molecule has 0 unspecified atom stereocenters. The van der Waals surface area contributed by atoms with E-state index in [0.717, 1.165) is 11.3 Å². The second-order valence-corrected chi connectivity index (χ2v) is 11.6. The third-order valence-electron chi connectivity index (χ3n) is 7.26. The fraction of sp³-hybridized carbons (Fsp3) is 0.556. The number of hydrogen-bond donors (Lipinski definition) is 3. The molecular formula is C27H29F8N5O2S. The Hall–Kier alpha value is -3.30. The maximum atomic E-state index is 13.9.